The van der Waals surface area contributed by atoms with Crippen molar-refractivity contribution in [2.45, 2.75) is 58.5 Å². The average Bonchev–Trinajstić information content (AvgIpc) is 2.49. The molecule has 0 aromatic carbocycles. The van der Waals surface area contributed by atoms with Crippen LogP contribution in [-0.2, 0) is 4.74 Å². The van der Waals surface area contributed by atoms with E-state index in [0.29, 0.717) is 12.1 Å². The maximum absolute atomic E-state index is 5.07. The molecule has 2 unspecified atom stereocenters. The molecule has 0 aliphatic carbocycles. The molecule has 5 nitrogen and oxygen atoms in total. The summed E-state index contributed by atoms with van der Waals surface area (Å²) in [4.78, 5) is 7.33. The molecule has 1 heterocycles. The molecule has 2 N–H and O–H groups in total. The van der Waals surface area contributed by atoms with Gasteiger partial charge in [-0.15, -0.1) is 24.0 Å². The second-order valence-corrected chi connectivity index (χ2v) is 5.92. The van der Waals surface area contributed by atoms with Gasteiger partial charge in [0.25, 0.3) is 0 Å². The van der Waals surface area contributed by atoms with Gasteiger partial charge in [0, 0.05) is 38.9 Å². The largest absolute Gasteiger partial charge is 0.385 e. The van der Waals surface area contributed by atoms with Crippen LogP contribution in [-0.4, -0.2) is 62.8 Å². The molecule has 0 aromatic rings. The first-order valence-electron chi connectivity index (χ1n) is 8.45. The number of guanidine groups is 1. The van der Waals surface area contributed by atoms with E-state index < -0.39 is 0 Å². The summed E-state index contributed by atoms with van der Waals surface area (Å²) >= 11 is 0. The highest BCUT2D eigenvalue weighted by molar-refractivity contribution is 14.0. The van der Waals surface area contributed by atoms with Crippen LogP contribution in [0.15, 0.2) is 4.99 Å². The standard InChI is InChI=1S/C16H34N4O.HI/c1-5-17-16(18-10-8-12-21-4)19-13-15(3)20-11-7-6-9-14(20)2;/h14-15H,5-13H2,1-4H3,(H2,17,18,19);1H. The average molecular weight is 426 g/mol. The lowest BCUT2D eigenvalue weighted by Crippen LogP contribution is -2.45. The summed E-state index contributed by atoms with van der Waals surface area (Å²) in [6.07, 6.45) is 5.02. The van der Waals surface area contributed by atoms with Crippen molar-refractivity contribution < 1.29 is 4.74 Å². The van der Waals surface area contributed by atoms with Crippen molar-refractivity contribution in [3.8, 4) is 0 Å². The molecule has 0 amide bonds. The third-order valence-corrected chi connectivity index (χ3v) is 4.10. The van der Waals surface area contributed by atoms with Crippen molar-refractivity contribution in [2.24, 2.45) is 4.99 Å². The third-order valence-electron chi connectivity index (χ3n) is 4.10. The molecule has 132 valence electrons. The fourth-order valence-electron chi connectivity index (χ4n) is 2.87. The lowest BCUT2D eigenvalue weighted by Gasteiger charge is -2.37. The Kier molecular flexibility index (Phi) is 13.3. The summed E-state index contributed by atoms with van der Waals surface area (Å²) in [5.74, 6) is 0.921. The number of nitrogens with zero attached hydrogens (tertiary/aromatic N) is 2. The molecule has 6 heteroatoms. The predicted octanol–water partition coefficient (Wildman–Crippen LogP) is 2.46. The highest BCUT2D eigenvalue weighted by Gasteiger charge is 2.22. The maximum Gasteiger partial charge on any atom is 0.191 e. The van der Waals surface area contributed by atoms with E-state index in [-0.39, 0.29) is 24.0 Å². The molecule has 0 saturated carbocycles. The lowest BCUT2D eigenvalue weighted by molar-refractivity contribution is 0.118. The molecule has 0 spiro atoms. The van der Waals surface area contributed by atoms with Crippen LogP contribution in [0.2, 0.25) is 0 Å². The summed E-state index contributed by atoms with van der Waals surface area (Å²) in [6, 6.07) is 1.20. The van der Waals surface area contributed by atoms with Crippen LogP contribution in [0.25, 0.3) is 0 Å². The molecular weight excluding hydrogens is 391 g/mol. The van der Waals surface area contributed by atoms with E-state index in [4.69, 9.17) is 9.73 Å². The normalized spacial score (nSPS) is 21.1. The zero-order valence-corrected chi connectivity index (χ0v) is 17.1. The number of hydrogen-bond acceptors (Lipinski definition) is 3. The van der Waals surface area contributed by atoms with Gasteiger partial charge in [0.2, 0.25) is 0 Å². The smallest absolute Gasteiger partial charge is 0.191 e. The van der Waals surface area contributed by atoms with Gasteiger partial charge in [-0.05, 0) is 46.6 Å². The van der Waals surface area contributed by atoms with Gasteiger partial charge in [-0.3, -0.25) is 9.89 Å². The molecule has 1 aliphatic rings. The van der Waals surface area contributed by atoms with Crippen LogP contribution in [0.1, 0.15) is 46.5 Å². The van der Waals surface area contributed by atoms with Crippen molar-refractivity contribution >= 4 is 29.9 Å². The first-order chi connectivity index (χ1) is 10.2. The first-order valence-corrected chi connectivity index (χ1v) is 8.45. The van der Waals surface area contributed by atoms with E-state index in [2.05, 4.69) is 36.3 Å². The summed E-state index contributed by atoms with van der Waals surface area (Å²) < 4.78 is 5.07. The van der Waals surface area contributed by atoms with Gasteiger partial charge in [-0.25, -0.2) is 0 Å². The minimum atomic E-state index is 0. The van der Waals surface area contributed by atoms with Crippen molar-refractivity contribution in [3.05, 3.63) is 0 Å². The number of likely N-dealkylation sites (tertiary alicyclic amines) is 1. The van der Waals surface area contributed by atoms with Crippen molar-refractivity contribution in [3.63, 3.8) is 0 Å². The second-order valence-electron chi connectivity index (χ2n) is 5.92. The van der Waals surface area contributed by atoms with E-state index in [9.17, 15) is 0 Å². The minimum Gasteiger partial charge on any atom is -0.385 e. The summed E-state index contributed by atoms with van der Waals surface area (Å²) in [7, 11) is 1.74. The van der Waals surface area contributed by atoms with Gasteiger partial charge in [0.05, 0.1) is 6.54 Å². The zero-order chi connectivity index (χ0) is 15.5. The van der Waals surface area contributed by atoms with E-state index in [0.717, 1.165) is 38.6 Å². The number of hydrogen-bond donors (Lipinski definition) is 2. The van der Waals surface area contributed by atoms with Crippen LogP contribution >= 0.6 is 24.0 Å². The summed E-state index contributed by atoms with van der Waals surface area (Å²) in [5.41, 5.74) is 0. The fraction of sp³-hybridized carbons (Fsp3) is 0.938. The van der Waals surface area contributed by atoms with Gasteiger partial charge < -0.3 is 15.4 Å². The summed E-state index contributed by atoms with van der Waals surface area (Å²) in [5, 5.41) is 6.67. The number of rotatable bonds is 8. The quantitative estimate of drug-likeness (QED) is 0.271. The van der Waals surface area contributed by atoms with Crippen molar-refractivity contribution in [1.82, 2.24) is 15.5 Å². The van der Waals surface area contributed by atoms with Gasteiger partial charge >= 0.3 is 0 Å². The minimum absolute atomic E-state index is 0. The van der Waals surface area contributed by atoms with Gasteiger partial charge in [0.15, 0.2) is 5.96 Å². The van der Waals surface area contributed by atoms with E-state index in [1.54, 1.807) is 7.11 Å². The van der Waals surface area contributed by atoms with E-state index >= 15 is 0 Å². The number of aliphatic imine (C=N–C) groups is 1. The Morgan fingerprint density at radius 1 is 1.36 bits per heavy atom. The summed E-state index contributed by atoms with van der Waals surface area (Å²) in [6.45, 7) is 11.4. The highest BCUT2D eigenvalue weighted by Crippen LogP contribution is 2.18. The molecule has 0 bridgehead atoms. The molecule has 0 radical (unpaired) electrons. The van der Waals surface area contributed by atoms with Gasteiger partial charge in [-0.1, -0.05) is 6.42 Å². The van der Waals surface area contributed by atoms with Gasteiger partial charge in [0.1, 0.15) is 0 Å². The topological polar surface area (TPSA) is 48.9 Å². The maximum atomic E-state index is 5.07. The Morgan fingerprint density at radius 3 is 2.77 bits per heavy atom. The lowest BCUT2D eigenvalue weighted by atomic mass is 10.0. The Morgan fingerprint density at radius 2 is 2.14 bits per heavy atom. The number of piperidine rings is 1. The fourth-order valence-corrected chi connectivity index (χ4v) is 2.87. The molecular formula is C16H35IN4O. The number of ether oxygens (including phenoxy) is 1. The Labute approximate surface area is 153 Å². The van der Waals surface area contributed by atoms with Crippen molar-refractivity contribution in [1.29, 1.82) is 0 Å². The van der Waals surface area contributed by atoms with E-state index in [1.807, 2.05) is 0 Å². The Balaban J connectivity index is 0.00000441. The molecule has 1 aliphatic heterocycles. The SMILES string of the molecule is CCNC(=NCC(C)N1CCCCC1C)NCCCOC.I. The highest BCUT2D eigenvalue weighted by atomic mass is 127. The molecule has 0 aromatic heterocycles. The third kappa shape index (κ3) is 8.53. The molecule has 1 saturated heterocycles. The monoisotopic (exact) mass is 426 g/mol. The predicted molar refractivity (Wildman–Crippen MR) is 105 cm³/mol. The van der Waals surface area contributed by atoms with Crippen LogP contribution in [0.3, 0.4) is 0 Å². The second kappa shape index (κ2) is 13.4. The first kappa shape index (κ1) is 21.9. The van der Waals surface area contributed by atoms with E-state index in [1.165, 1.54) is 25.8 Å². The Bertz CT molecular complexity index is 302. The van der Waals surface area contributed by atoms with Crippen LogP contribution < -0.4 is 10.6 Å². The number of methoxy groups -OCH3 is 1. The number of nitrogens with one attached hydrogen (secondary N) is 2. The Hall–Kier alpha value is -0.0800. The van der Waals surface area contributed by atoms with Crippen LogP contribution in [0.5, 0.6) is 0 Å². The molecule has 2 atom stereocenters. The molecule has 1 rings (SSSR count). The molecule has 1 fully saturated rings. The number of halogens is 1. The van der Waals surface area contributed by atoms with Crippen LogP contribution in [0.4, 0.5) is 0 Å². The van der Waals surface area contributed by atoms with Crippen LogP contribution in [0, 0.1) is 0 Å². The molecule has 22 heavy (non-hydrogen) atoms. The zero-order valence-electron chi connectivity index (χ0n) is 14.7. The van der Waals surface area contributed by atoms with Crippen molar-refractivity contribution in [2.75, 3.05) is 39.9 Å². The van der Waals surface area contributed by atoms with Gasteiger partial charge in [-0.2, -0.15) is 0 Å².